The molecule has 2 aromatic heterocycles. The van der Waals surface area contributed by atoms with Gasteiger partial charge in [-0.15, -0.1) is 11.3 Å². The highest BCUT2D eigenvalue weighted by atomic mass is 32.1. The monoisotopic (exact) mass is 319 g/mol. The minimum absolute atomic E-state index is 0.0504. The van der Waals surface area contributed by atoms with E-state index in [1.807, 2.05) is 13.8 Å². The van der Waals surface area contributed by atoms with Crippen LogP contribution in [0.1, 0.15) is 23.4 Å². The topological polar surface area (TPSA) is 46.9 Å². The molecule has 21 heavy (non-hydrogen) atoms. The second-order valence-corrected chi connectivity index (χ2v) is 6.22. The summed E-state index contributed by atoms with van der Waals surface area (Å²) >= 11 is 1.45. The number of hydrogen-bond acceptors (Lipinski definition) is 4. The summed E-state index contributed by atoms with van der Waals surface area (Å²) in [6, 6.07) is -0.406. The van der Waals surface area contributed by atoms with E-state index in [2.05, 4.69) is 10.3 Å². The van der Waals surface area contributed by atoms with Crippen LogP contribution in [-0.4, -0.2) is 28.8 Å². The number of aromatic nitrogens is 2. The van der Waals surface area contributed by atoms with E-state index in [1.54, 1.807) is 6.92 Å². The van der Waals surface area contributed by atoms with Crippen molar-refractivity contribution in [3.8, 4) is 0 Å². The number of hydrogen-bond donors (Lipinski definition) is 1. The Kier molecular flexibility index (Phi) is 4.38. The van der Waals surface area contributed by atoms with Crippen molar-refractivity contribution in [3.05, 3.63) is 27.1 Å². The minimum Gasteiger partial charge on any atom is -0.307 e. The average Bonchev–Trinajstić information content (AvgIpc) is 2.64. The Morgan fingerprint density at radius 1 is 1.43 bits per heavy atom. The van der Waals surface area contributed by atoms with E-state index in [0.29, 0.717) is 10.2 Å². The third-order valence-electron chi connectivity index (χ3n) is 3.35. The van der Waals surface area contributed by atoms with Crippen LogP contribution in [0.3, 0.4) is 0 Å². The molecule has 1 atom stereocenters. The van der Waals surface area contributed by atoms with Crippen LogP contribution in [0.15, 0.2) is 11.1 Å². The van der Waals surface area contributed by atoms with Gasteiger partial charge in [0.1, 0.15) is 4.83 Å². The van der Waals surface area contributed by atoms with Gasteiger partial charge in [0.25, 0.3) is 5.56 Å². The lowest BCUT2D eigenvalue weighted by Gasteiger charge is -2.16. The predicted octanol–water partition coefficient (Wildman–Crippen LogP) is 2.79. The molecule has 0 fully saturated rings. The Labute approximate surface area is 123 Å². The Hall–Kier alpha value is -1.41. The van der Waals surface area contributed by atoms with Crippen molar-refractivity contribution in [2.75, 3.05) is 13.1 Å². The van der Waals surface area contributed by atoms with Crippen LogP contribution in [0.5, 0.6) is 0 Å². The van der Waals surface area contributed by atoms with Gasteiger partial charge >= 0.3 is 6.18 Å². The Morgan fingerprint density at radius 3 is 2.71 bits per heavy atom. The van der Waals surface area contributed by atoms with E-state index in [9.17, 15) is 18.0 Å². The van der Waals surface area contributed by atoms with Gasteiger partial charge in [-0.2, -0.15) is 13.2 Å². The molecule has 2 aromatic rings. The molecule has 1 unspecified atom stereocenters. The number of aryl methyl sites for hydroxylation is 2. The van der Waals surface area contributed by atoms with Crippen molar-refractivity contribution in [1.82, 2.24) is 14.9 Å². The molecule has 0 bridgehead atoms. The van der Waals surface area contributed by atoms with Crippen molar-refractivity contribution >= 4 is 21.6 Å². The highest BCUT2D eigenvalue weighted by Gasteiger charge is 2.26. The first kappa shape index (κ1) is 16.0. The van der Waals surface area contributed by atoms with Crippen molar-refractivity contribution in [3.63, 3.8) is 0 Å². The third kappa shape index (κ3) is 3.44. The van der Waals surface area contributed by atoms with Gasteiger partial charge < -0.3 is 5.32 Å². The van der Waals surface area contributed by atoms with Crippen LogP contribution in [0, 0.1) is 13.8 Å². The normalized spacial score (nSPS) is 13.8. The fourth-order valence-corrected chi connectivity index (χ4v) is 3.07. The molecular weight excluding hydrogens is 303 g/mol. The van der Waals surface area contributed by atoms with Crippen molar-refractivity contribution < 1.29 is 13.2 Å². The maximum absolute atomic E-state index is 12.4. The van der Waals surface area contributed by atoms with Crippen molar-refractivity contribution in [2.24, 2.45) is 0 Å². The molecule has 0 aliphatic rings. The summed E-state index contributed by atoms with van der Waals surface area (Å²) in [5.41, 5.74) is 0.681. The first-order valence-corrected chi connectivity index (χ1v) is 7.26. The van der Waals surface area contributed by atoms with Crippen LogP contribution in [0.4, 0.5) is 13.2 Å². The number of alkyl halides is 3. The number of thiophene rings is 1. The van der Waals surface area contributed by atoms with E-state index < -0.39 is 18.8 Å². The molecule has 8 heteroatoms. The maximum atomic E-state index is 12.4. The summed E-state index contributed by atoms with van der Waals surface area (Å²) in [5, 5.41) is 2.87. The first-order chi connectivity index (χ1) is 9.70. The fourth-order valence-electron chi connectivity index (χ4n) is 2.08. The van der Waals surface area contributed by atoms with Crippen molar-refractivity contribution in [2.45, 2.75) is 33.0 Å². The number of nitrogens with zero attached hydrogens (tertiary/aromatic N) is 2. The van der Waals surface area contributed by atoms with Gasteiger partial charge in [0.15, 0.2) is 0 Å². The quantitative estimate of drug-likeness (QED) is 0.942. The van der Waals surface area contributed by atoms with Crippen LogP contribution < -0.4 is 10.9 Å². The van der Waals surface area contributed by atoms with Crippen molar-refractivity contribution in [1.29, 1.82) is 0 Å². The average molecular weight is 319 g/mol. The summed E-state index contributed by atoms with van der Waals surface area (Å²) in [5.74, 6) is 0. The number of nitrogens with one attached hydrogen (secondary N) is 1. The number of rotatable bonds is 4. The van der Waals surface area contributed by atoms with E-state index in [-0.39, 0.29) is 12.1 Å². The predicted molar refractivity (Wildman–Crippen MR) is 77.0 cm³/mol. The third-order valence-corrected chi connectivity index (χ3v) is 4.47. The first-order valence-electron chi connectivity index (χ1n) is 6.45. The fraction of sp³-hybridized carbons (Fsp3) is 0.538. The largest absolute Gasteiger partial charge is 0.401 e. The maximum Gasteiger partial charge on any atom is 0.401 e. The summed E-state index contributed by atoms with van der Waals surface area (Å²) in [7, 11) is 0. The molecule has 1 N–H and O–H groups in total. The molecule has 2 heterocycles. The summed E-state index contributed by atoms with van der Waals surface area (Å²) in [4.78, 5) is 18.4. The Balaban J connectivity index is 2.24. The molecule has 2 rings (SSSR count). The van der Waals surface area contributed by atoms with Crippen LogP contribution in [0.25, 0.3) is 10.2 Å². The summed E-state index contributed by atoms with van der Waals surface area (Å²) < 4.78 is 37.7. The van der Waals surface area contributed by atoms with Crippen LogP contribution in [0.2, 0.25) is 0 Å². The van der Waals surface area contributed by atoms with Gasteiger partial charge in [-0.05, 0) is 26.3 Å². The zero-order valence-corrected chi connectivity index (χ0v) is 12.7. The van der Waals surface area contributed by atoms with Gasteiger partial charge in [-0.25, -0.2) is 4.98 Å². The standard InChI is InChI=1S/C13H16F3N3OS/c1-7(4-17-5-13(14,15)16)19-6-18-11-10(12(19)20)8(2)9(3)21-11/h6-7,17H,4-5H2,1-3H3. The zero-order valence-electron chi connectivity index (χ0n) is 11.9. The smallest absolute Gasteiger partial charge is 0.307 e. The molecule has 0 saturated carbocycles. The lowest BCUT2D eigenvalue weighted by atomic mass is 10.2. The van der Waals surface area contributed by atoms with Gasteiger partial charge in [0.05, 0.1) is 18.3 Å². The second kappa shape index (κ2) is 5.76. The SMILES string of the molecule is Cc1sc2ncn(C(C)CNCC(F)(F)F)c(=O)c2c1C. The second-order valence-electron chi connectivity index (χ2n) is 5.02. The minimum atomic E-state index is -4.26. The molecular formula is C13H16F3N3OS. The lowest BCUT2D eigenvalue weighted by Crippen LogP contribution is -2.35. The highest BCUT2D eigenvalue weighted by Crippen LogP contribution is 2.25. The molecule has 0 aromatic carbocycles. The number of halogens is 3. The van der Waals surface area contributed by atoms with E-state index >= 15 is 0 Å². The van der Waals surface area contributed by atoms with Crippen LogP contribution >= 0.6 is 11.3 Å². The summed E-state index contributed by atoms with van der Waals surface area (Å²) in [6.07, 6.45) is -2.85. The molecule has 116 valence electrons. The Bertz CT molecular complexity index is 705. The molecule has 0 aliphatic heterocycles. The highest BCUT2D eigenvalue weighted by molar-refractivity contribution is 7.18. The number of fused-ring (bicyclic) bond motifs is 1. The van der Waals surface area contributed by atoms with E-state index in [0.717, 1.165) is 10.4 Å². The molecule has 4 nitrogen and oxygen atoms in total. The van der Waals surface area contributed by atoms with Gasteiger partial charge in [-0.1, -0.05) is 0 Å². The van der Waals surface area contributed by atoms with E-state index in [4.69, 9.17) is 0 Å². The molecule has 0 aliphatic carbocycles. The zero-order chi connectivity index (χ0) is 15.8. The van der Waals surface area contributed by atoms with Gasteiger partial charge in [-0.3, -0.25) is 9.36 Å². The molecule has 0 amide bonds. The van der Waals surface area contributed by atoms with E-state index in [1.165, 1.54) is 22.2 Å². The van der Waals surface area contributed by atoms with Gasteiger partial charge in [0, 0.05) is 17.5 Å². The molecule has 0 spiro atoms. The summed E-state index contributed by atoms with van der Waals surface area (Å²) in [6.45, 7) is 4.44. The lowest BCUT2D eigenvalue weighted by molar-refractivity contribution is -0.124. The molecule has 0 saturated heterocycles. The van der Waals surface area contributed by atoms with Gasteiger partial charge in [0.2, 0.25) is 0 Å². The Morgan fingerprint density at radius 2 is 2.10 bits per heavy atom. The van der Waals surface area contributed by atoms with Crippen LogP contribution in [-0.2, 0) is 0 Å². The molecule has 0 radical (unpaired) electrons.